The van der Waals surface area contributed by atoms with Crippen molar-refractivity contribution in [2.75, 3.05) is 38.7 Å². The lowest BCUT2D eigenvalue weighted by molar-refractivity contribution is 0.0417. The molecule has 0 amide bonds. The summed E-state index contributed by atoms with van der Waals surface area (Å²) in [7, 11) is 2.26. The summed E-state index contributed by atoms with van der Waals surface area (Å²) in [5, 5.41) is 3.51. The summed E-state index contributed by atoms with van der Waals surface area (Å²) in [6, 6.07) is 9.40. The van der Waals surface area contributed by atoms with Crippen LogP contribution in [0.3, 0.4) is 0 Å². The predicted molar refractivity (Wildman–Crippen MR) is 74.1 cm³/mol. The molecule has 3 nitrogen and oxygen atoms in total. The fraction of sp³-hybridized carbons (Fsp3) is 0.600. The zero-order chi connectivity index (χ0) is 12.4. The van der Waals surface area contributed by atoms with Crippen LogP contribution in [-0.4, -0.2) is 44.3 Å². The Labute approximate surface area is 109 Å². The Morgan fingerprint density at radius 3 is 2.89 bits per heavy atom. The van der Waals surface area contributed by atoms with E-state index in [0.717, 1.165) is 26.3 Å². The Balaban J connectivity index is 1.63. The highest BCUT2D eigenvalue weighted by Crippen LogP contribution is 2.32. The molecule has 2 aliphatic heterocycles. The summed E-state index contributed by atoms with van der Waals surface area (Å²) in [6.45, 7) is 4.07. The van der Waals surface area contributed by atoms with Crippen LogP contribution in [0.15, 0.2) is 24.3 Å². The molecule has 0 bridgehead atoms. The Morgan fingerprint density at radius 1 is 1.28 bits per heavy atom. The summed E-state index contributed by atoms with van der Waals surface area (Å²) >= 11 is 0. The van der Waals surface area contributed by atoms with Gasteiger partial charge in [0.1, 0.15) is 0 Å². The summed E-state index contributed by atoms with van der Waals surface area (Å²) in [6.07, 6.45) is 2.36. The van der Waals surface area contributed by atoms with Gasteiger partial charge in [0.2, 0.25) is 0 Å². The number of hydrogen-bond donors (Lipinski definition) is 1. The van der Waals surface area contributed by atoms with Crippen LogP contribution >= 0.6 is 0 Å². The number of anilines is 1. The van der Waals surface area contributed by atoms with Gasteiger partial charge in [0.05, 0.1) is 0 Å². The van der Waals surface area contributed by atoms with E-state index < -0.39 is 0 Å². The van der Waals surface area contributed by atoms with Crippen LogP contribution in [0.4, 0.5) is 5.69 Å². The molecule has 1 fully saturated rings. The molecule has 3 heteroatoms. The summed E-state index contributed by atoms with van der Waals surface area (Å²) < 4.78 is 5.44. The number of rotatable bonds is 3. The molecule has 1 aromatic carbocycles. The average molecular weight is 246 g/mol. The Hall–Kier alpha value is -1.06. The monoisotopic (exact) mass is 246 g/mol. The second-order valence-electron chi connectivity index (χ2n) is 5.45. The molecule has 0 aliphatic carbocycles. The number of fused-ring (bicyclic) bond motifs is 1. The third-order valence-electron chi connectivity index (χ3n) is 4.26. The topological polar surface area (TPSA) is 24.5 Å². The van der Waals surface area contributed by atoms with Crippen molar-refractivity contribution in [2.45, 2.75) is 24.8 Å². The molecule has 1 atom stereocenters. The van der Waals surface area contributed by atoms with E-state index in [1.165, 1.54) is 24.1 Å². The van der Waals surface area contributed by atoms with Crippen molar-refractivity contribution in [1.29, 1.82) is 0 Å². The van der Waals surface area contributed by atoms with E-state index in [2.05, 4.69) is 41.5 Å². The van der Waals surface area contributed by atoms with Crippen molar-refractivity contribution >= 4 is 5.69 Å². The third kappa shape index (κ3) is 2.38. The van der Waals surface area contributed by atoms with Gasteiger partial charge in [-0.15, -0.1) is 0 Å². The summed E-state index contributed by atoms with van der Waals surface area (Å²) in [5.74, 6) is 0.633. The van der Waals surface area contributed by atoms with Crippen molar-refractivity contribution in [3.05, 3.63) is 29.8 Å². The highest BCUT2D eigenvalue weighted by Gasteiger charge is 2.26. The number of nitrogens with zero attached hydrogens (tertiary/aromatic N) is 1. The van der Waals surface area contributed by atoms with E-state index >= 15 is 0 Å². The van der Waals surface area contributed by atoms with Gasteiger partial charge in [-0.25, -0.2) is 0 Å². The fourth-order valence-electron chi connectivity index (χ4n) is 3.14. The van der Waals surface area contributed by atoms with E-state index in [1.807, 2.05) is 0 Å². The van der Waals surface area contributed by atoms with E-state index in [1.54, 1.807) is 0 Å². The van der Waals surface area contributed by atoms with Gasteiger partial charge in [0.25, 0.3) is 0 Å². The Bertz CT molecular complexity index is 401. The number of nitrogens with one attached hydrogen (secondary N) is 1. The number of benzene rings is 1. The van der Waals surface area contributed by atoms with Crippen LogP contribution < -0.4 is 5.32 Å². The predicted octanol–water partition coefficient (Wildman–Crippen LogP) is 2.31. The van der Waals surface area contributed by atoms with Gasteiger partial charge < -0.3 is 15.0 Å². The number of likely N-dealkylation sites (N-methyl/N-ethyl adjacent to an activating group) is 1. The largest absolute Gasteiger partial charge is 0.384 e. The molecule has 1 aromatic rings. The molecule has 18 heavy (non-hydrogen) atoms. The van der Waals surface area contributed by atoms with Crippen molar-refractivity contribution in [3.8, 4) is 0 Å². The Morgan fingerprint density at radius 2 is 2.06 bits per heavy atom. The van der Waals surface area contributed by atoms with Crippen LogP contribution in [-0.2, 0) is 4.74 Å². The maximum Gasteiger partial charge on any atom is 0.0480 e. The molecular formula is C15H22N2O. The first-order valence-electron chi connectivity index (χ1n) is 6.95. The number of para-hydroxylation sites is 1. The molecule has 2 aliphatic rings. The standard InChI is InChI=1S/C15H22N2O/c1-17(13-6-8-18-9-7-13)11-12-10-16-15-5-3-2-4-14(12)15/h2-5,12-13,16H,6-11H2,1H3. The minimum Gasteiger partial charge on any atom is -0.384 e. The molecule has 1 unspecified atom stereocenters. The van der Waals surface area contributed by atoms with Crippen LogP contribution in [0, 0.1) is 0 Å². The normalized spacial score (nSPS) is 24.0. The van der Waals surface area contributed by atoms with Crippen molar-refractivity contribution in [3.63, 3.8) is 0 Å². The SMILES string of the molecule is CN(CC1CNc2ccccc21)C1CCOCC1. The molecular weight excluding hydrogens is 224 g/mol. The van der Waals surface area contributed by atoms with Gasteiger partial charge in [-0.05, 0) is 31.5 Å². The van der Waals surface area contributed by atoms with Crippen molar-refractivity contribution in [1.82, 2.24) is 4.90 Å². The van der Waals surface area contributed by atoms with Gasteiger partial charge in [0, 0.05) is 44.0 Å². The van der Waals surface area contributed by atoms with Gasteiger partial charge in [0.15, 0.2) is 0 Å². The molecule has 0 aromatic heterocycles. The zero-order valence-electron chi connectivity index (χ0n) is 11.1. The lowest BCUT2D eigenvalue weighted by Crippen LogP contribution is -2.39. The lowest BCUT2D eigenvalue weighted by atomic mass is 9.99. The maximum absolute atomic E-state index is 5.44. The molecule has 2 heterocycles. The molecule has 1 saturated heterocycles. The van der Waals surface area contributed by atoms with Crippen molar-refractivity contribution < 1.29 is 4.74 Å². The number of ether oxygens (including phenoxy) is 1. The van der Waals surface area contributed by atoms with E-state index in [-0.39, 0.29) is 0 Å². The van der Waals surface area contributed by atoms with Crippen LogP contribution in [0.1, 0.15) is 24.3 Å². The molecule has 0 saturated carbocycles. The third-order valence-corrected chi connectivity index (χ3v) is 4.26. The van der Waals surface area contributed by atoms with E-state index in [4.69, 9.17) is 4.74 Å². The zero-order valence-corrected chi connectivity index (χ0v) is 11.1. The van der Waals surface area contributed by atoms with Gasteiger partial charge in [-0.3, -0.25) is 0 Å². The van der Waals surface area contributed by atoms with Gasteiger partial charge >= 0.3 is 0 Å². The van der Waals surface area contributed by atoms with Crippen LogP contribution in [0.25, 0.3) is 0 Å². The average Bonchev–Trinajstić information content (AvgIpc) is 2.83. The fourth-order valence-corrected chi connectivity index (χ4v) is 3.14. The highest BCUT2D eigenvalue weighted by atomic mass is 16.5. The lowest BCUT2D eigenvalue weighted by Gasteiger charge is -2.32. The van der Waals surface area contributed by atoms with Gasteiger partial charge in [-0.1, -0.05) is 18.2 Å². The molecule has 98 valence electrons. The molecule has 0 radical (unpaired) electrons. The molecule has 1 N–H and O–H groups in total. The minimum atomic E-state index is 0.633. The second kappa shape index (κ2) is 5.29. The number of hydrogen-bond acceptors (Lipinski definition) is 3. The quantitative estimate of drug-likeness (QED) is 0.885. The van der Waals surface area contributed by atoms with Crippen molar-refractivity contribution in [2.24, 2.45) is 0 Å². The van der Waals surface area contributed by atoms with E-state index in [0.29, 0.717) is 12.0 Å². The summed E-state index contributed by atoms with van der Waals surface area (Å²) in [4.78, 5) is 2.52. The first kappa shape index (κ1) is 12.0. The van der Waals surface area contributed by atoms with E-state index in [9.17, 15) is 0 Å². The van der Waals surface area contributed by atoms with Gasteiger partial charge in [-0.2, -0.15) is 0 Å². The first-order chi connectivity index (χ1) is 8.84. The highest BCUT2D eigenvalue weighted by molar-refractivity contribution is 5.57. The smallest absolute Gasteiger partial charge is 0.0480 e. The second-order valence-corrected chi connectivity index (χ2v) is 5.45. The molecule has 0 spiro atoms. The molecule has 3 rings (SSSR count). The maximum atomic E-state index is 5.44. The van der Waals surface area contributed by atoms with Crippen LogP contribution in [0.2, 0.25) is 0 Å². The van der Waals surface area contributed by atoms with Crippen LogP contribution in [0.5, 0.6) is 0 Å². The summed E-state index contributed by atoms with van der Waals surface area (Å²) in [5.41, 5.74) is 2.80. The minimum absolute atomic E-state index is 0.633. The first-order valence-corrected chi connectivity index (χ1v) is 6.95. The Kier molecular flexibility index (Phi) is 3.52.